The van der Waals surface area contributed by atoms with E-state index in [0.29, 0.717) is 19.3 Å². The number of amides is 2. The van der Waals surface area contributed by atoms with Crippen LogP contribution >= 0.6 is 0 Å². The molecular formula is C12H20N2O4. The van der Waals surface area contributed by atoms with Crippen LogP contribution in [-0.4, -0.2) is 39.9 Å². The van der Waals surface area contributed by atoms with Crippen LogP contribution in [0.25, 0.3) is 0 Å². The molecule has 0 spiro atoms. The topological polar surface area (TPSA) is 98.7 Å². The Morgan fingerprint density at radius 2 is 1.78 bits per heavy atom. The number of nitrogens with one attached hydrogen (secondary N) is 2. The average molecular weight is 256 g/mol. The third-order valence-electron chi connectivity index (χ3n) is 3.81. The van der Waals surface area contributed by atoms with Crippen molar-refractivity contribution in [1.82, 2.24) is 10.6 Å². The molecule has 0 aromatic carbocycles. The third kappa shape index (κ3) is 2.93. The molecule has 18 heavy (non-hydrogen) atoms. The SMILES string of the molecule is O=C(NC1CCCCCC1O)NC1(C(=O)O)CC1. The maximum absolute atomic E-state index is 11.7. The molecule has 2 aliphatic rings. The second-order valence-electron chi connectivity index (χ2n) is 5.30. The van der Waals surface area contributed by atoms with E-state index in [4.69, 9.17) is 5.11 Å². The summed E-state index contributed by atoms with van der Waals surface area (Å²) in [7, 11) is 0. The normalized spacial score (nSPS) is 30.1. The van der Waals surface area contributed by atoms with Crippen molar-refractivity contribution < 1.29 is 19.8 Å². The molecule has 102 valence electrons. The summed E-state index contributed by atoms with van der Waals surface area (Å²) in [6.07, 6.45) is 4.87. The zero-order valence-corrected chi connectivity index (χ0v) is 10.3. The standard InChI is InChI=1S/C12H20N2O4/c15-9-5-3-1-2-4-8(9)13-11(18)14-12(6-7-12)10(16)17/h8-9,15H,1-7H2,(H,16,17)(H2,13,14,18). The van der Waals surface area contributed by atoms with Crippen LogP contribution in [-0.2, 0) is 4.79 Å². The first-order valence-corrected chi connectivity index (χ1v) is 6.54. The minimum Gasteiger partial charge on any atom is -0.480 e. The van der Waals surface area contributed by atoms with Crippen LogP contribution in [0.4, 0.5) is 4.79 Å². The minimum absolute atomic E-state index is 0.267. The van der Waals surface area contributed by atoms with Gasteiger partial charge in [-0.05, 0) is 25.7 Å². The van der Waals surface area contributed by atoms with Gasteiger partial charge in [-0.15, -0.1) is 0 Å². The smallest absolute Gasteiger partial charge is 0.329 e. The molecule has 0 aromatic rings. The van der Waals surface area contributed by atoms with E-state index in [9.17, 15) is 14.7 Å². The summed E-state index contributed by atoms with van der Waals surface area (Å²) in [6.45, 7) is 0. The summed E-state index contributed by atoms with van der Waals surface area (Å²) in [5.41, 5.74) is -1.07. The quantitative estimate of drug-likeness (QED) is 0.556. The molecule has 6 nitrogen and oxygen atoms in total. The number of aliphatic hydroxyl groups excluding tert-OH is 1. The van der Waals surface area contributed by atoms with E-state index in [1.807, 2.05) is 0 Å². The van der Waals surface area contributed by atoms with Gasteiger partial charge in [-0.25, -0.2) is 9.59 Å². The van der Waals surface area contributed by atoms with Gasteiger partial charge >= 0.3 is 12.0 Å². The monoisotopic (exact) mass is 256 g/mol. The maximum atomic E-state index is 11.7. The van der Waals surface area contributed by atoms with Crippen molar-refractivity contribution in [3.05, 3.63) is 0 Å². The Bertz CT molecular complexity index is 341. The van der Waals surface area contributed by atoms with Gasteiger partial charge in [0.2, 0.25) is 0 Å². The van der Waals surface area contributed by atoms with E-state index < -0.39 is 23.6 Å². The molecule has 0 radical (unpaired) electrons. The molecule has 2 fully saturated rings. The van der Waals surface area contributed by atoms with Crippen LogP contribution in [0.3, 0.4) is 0 Å². The summed E-state index contributed by atoms with van der Waals surface area (Å²) >= 11 is 0. The largest absolute Gasteiger partial charge is 0.480 e. The molecule has 2 atom stereocenters. The highest BCUT2D eigenvalue weighted by Gasteiger charge is 2.51. The highest BCUT2D eigenvalue weighted by Crippen LogP contribution is 2.35. The number of urea groups is 1. The fourth-order valence-corrected chi connectivity index (χ4v) is 2.40. The molecular weight excluding hydrogens is 236 g/mol. The molecule has 2 saturated carbocycles. The highest BCUT2D eigenvalue weighted by atomic mass is 16.4. The lowest BCUT2D eigenvalue weighted by Crippen LogP contribution is -2.53. The second-order valence-corrected chi connectivity index (χ2v) is 5.30. The van der Waals surface area contributed by atoms with Crippen molar-refractivity contribution in [3.8, 4) is 0 Å². The van der Waals surface area contributed by atoms with Gasteiger partial charge in [0.05, 0.1) is 12.1 Å². The molecule has 2 rings (SSSR count). The van der Waals surface area contributed by atoms with Crippen LogP contribution in [0.2, 0.25) is 0 Å². The van der Waals surface area contributed by atoms with Crippen molar-refractivity contribution in [2.24, 2.45) is 0 Å². The Kier molecular flexibility index (Phi) is 3.75. The average Bonchev–Trinajstić information content (AvgIpc) is 3.08. The summed E-state index contributed by atoms with van der Waals surface area (Å²) < 4.78 is 0. The number of aliphatic carboxylic acids is 1. The number of rotatable bonds is 3. The van der Waals surface area contributed by atoms with Gasteiger partial charge in [-0.1, -0.05) is 19.3 Å². The molecule has 0 heterocycles. The molecule has 4 N–H and O–H groups in total. The lowest BCUT2D eigenvalue weighted by molar-refractivity contribution is -0.140. The van der Waals surface area contributed by atoms with Crippen LogP contribution in [0.1, 0.15) is 44.9 Å². The van der Waals surface area contributed by atoms with E-state index >= 15 is 0 Å². The Hall–Kier alpha value is -1.30. The molecule has 0 bridgehead atoms. The van der Waals surface area contributed by atoms with E-state index in [2.05, 4.69) is 10.6 Å². The van der Waals surface area contributed by atoms with Crippen molar-refractivity contribution in [2.45, 2.75) is 62.6 Å². The molecule has 0 aromatic heterocycles. The number of carboxylic acid groups (broad SMARTS) is 1. The van der Waals surface area contributed by atoms with Gasteiger partial charge < -0.3 is 20.8 Å². The first kappa shape index (κ1) is 13.1. The van der Waals surface area contributed by atoms with Crippen molar-refractivity contribution in [1.29, 1.82) is 0 Å². The maximum Gasteiger partial charge on any atom is 0.329 e. The van der Waals surface area contributed by atoms with Gasteiger partial charge in [0, 0.05) is 0 Å². The summed E-state index contributed by atoms with van der Waals surface area (Å²) in [5.74, 6) is -0.987. The van der Waals surface area contributed by atoms with Crippen LogP contribution in [0, 0.1) is 0 Å². The van der Waals surface area contributed by atoms with E-state index in [1.165, 1.54) is 0 Å². The van der Waals surface area contributed by atoms with Gasteiger partial charge in [0.1, 0.15) is 5.54 Å². The van der Waals surface area contributed by atoms with Crippen molar-refractivity contribution in [2.75, 3.05) is 0 Å². The molecule has 0 aliphatic heterocycles. The lowest BCUT2D eigenvalue weighted by Gasteiger charge is -2.23. The van der Waals surface area contributed by atoms with Crippen LogP contribution < -0.4 is 10.6 Å². The van der Waals surface area contributed by atoms with Gasteiger partial charge in [0.15, 0.2) is 0 Å². The zero-order chi connectivity index (χ0) is 13.2. The first-order valence-electron chi connectivity index (χ1n) is 6.54. The molecule has 6 heteroatoms. The lowest BCUT2D eigenvalue weighted by atomic mass is 10.1. The van der Waals surface area contributed by atoms with E-state index in [0.717, 1.165) is 25.7 Å². The molecule has 2 aliphatic carbocycles. The highest BCUT2D eigenvalue weighted by molar-refractivity contribution is 5.89. The fourth-order valence-electron chi connectivity index (χ4n) is 2.40. The zero-order valence-electron chi connectivity index (χ0n) is 10.3. The second kappa shape index (κ2) is 5.14. The predicted octanol–water partition coefficient (Wildman–Crippen LogP) is 0.596. The Labute approximate surface area is 106 Å². The number of carbonyl (C=O) groups is 2. The fraction of sp³-hybridized carbons (Fsp3) is 0.833. The summed E-state index contributed by atoms with van der Waals surface area (Å²) in [5, 5.41) is 24.0. The van der Waals surface area contributed by atoms with E-state index in [-0.39, 0.29) is 6.04 Å². The number of aliphatic hydroxyl groups is 1. The van der Waals surface area contributed by atoms with E-state index in [1.54, 1.807) is 0 Å². The first-order chi connectivity index (χ1) is 8.53. The Morgan fingerprint density at radius 3 is 2.39 bits per heavy atom. The van der Waals surface area contributed by atoms with Crippen molar-refractivity contribution >= 4 is 12.0 Å². The number of hydrogen-bond donors (Lipinski definition) is 4. The van der Waals surface area contributed by atoms with Crippen LogP contribution in [0.5, 0.6) is 0 Å². The van der Waals surface area contributed by atoms with Crippen LogP contribution in [0.15, 0.2) is 0 Å². The molecule has 0 saturated heterocycles. The number of hydrogen-bond acceptors (Lipinski definition) is 3. The van der Waals surface area contributed by atoms with Gasteiger partial charge in [-0.3, -0.25) is 0 Å². The van der Waals surface area contributed by atoms with Gasteiger partial charge in [-0.2, -0.15) is 0 Å². The van der Waals surface area contributed by atoms with Gasteiger partial charge in [0.25, 0.3) is 0 Å². The minimum atomic E-state index is -1.07. The van der Waals surface area contributed by atoms with Crippen molar-refractivity contribution in [3.63, 3.8) is 0 Å². The summed E-state index contributed by atoms with van der Waals surface area (Å²) in [6, 6.07) is -0.752. The Morgan fingerprint density at radius 1 is 1.11 bits per heavy atom. The predicted molar refractivity (Wildman–Crippen MR) is 64.1 cm³/mol. The number of carboxylic acids is 1. The summed E-state index contributed by atoms with van der Waals surface area (Å²) in [4.78, 5) is 22.7. The Balaban J connectivity index is 1.85. The third-order valence-corrected chi connectivity index (χ3v) is 3.81. The molecule has 2 amide bonds. The number of carbonyl (C=O) groups excluding carboxylic acids is 1. The molecule has 2 unspecified atom stereocenters.